The van der Waals surface area contributed by atoms with Crippen LogP contribution in [-0.4, -0.2) is 18.5 Å². The van der Waals surface area contributed by atoms with Crippen LogP contribution < -0.4 is 11.1 Å². The van der Waals surface area contributed by atoms with E-state index in [0.29, 0.717) is 6.42 Å². The highest BCUT2D eigenvalue weighted by Gasteiger charge is 2.32. The largest absolute Gasteiger partial charge is 0.355 e. The monoisotopic (exact) mass is 282 g/mol. The number of amides is 1. The van der Waals surface area contributed by atoms with Crippen LogP contribution in [0.1, 0.15) is 31.4 Å². The lowest BCUT2D eigenvalue weighted by Gasteiger charge is -2.24. The van der Waals surface area contributed by atoms with E-state index in [2.05, 4.69) is 36.5 Å². The Morgan fingerprint density at radius 2 is 1.89 bits per heavy atom. The van der Waals surface area contributed by atoms with Gasteiger partial charge in [-0.1, -0.05) is 31.2 Å². The Labute approximate surface area is 121 Å². The first-order chi connectivity index (χ1) is 8.48. The summed E-state index contributed by atoms with van der Waals surface area (Å²) in [6, 6.07) is 8.46. The van der Waals surface area contributed by atoms with Gasteiger partial charge in [-0.05, 0) is 36.3 Å². The van der Waals surface area contributed by atoms with Crippen molar-refractivity contribution in [1.82, 2.24) is 5.32 Å². The number of halogens is 1. The second-order valence-electron chi connectivity index (χ2n) is 5.89. The Hall–Kier alpha value is -1.06. The highest BCUT2D eigenvalue weighted by atomic mass is 35.5. The topological polar surface area (TPSA) is 55.1 Å². The van der Waals surface area contributed by atoms with Crippen molar-refractivity contribution in [1.29, 1.82) is 0 Å². The molecule has 2 rings (SSSR count). The highest BCUT2D eigenvalue weighted by molar-refractivity contribution is 5.85. The smallest absolute Gasteiger partial charge is 0.221 e. The number of fused-ring (bicyclic) bond motifs is 1. The molecule has 1 aliphatic rings. The van der Waals surface area contributed by atoms with Crippen LogP contribution in [0.3, 0.4) is 0 Å². The number of nitrogens with one attached hydrogen (secondary N) is 1. The Morgan fingerprint density at radius 3 is 2.37 bits per heavy atom. The van der Waals surface area contributed by atoms with E-state index >= 15 is 0 Å². The zero-order valence-electron chi connectivity index (χ0n) is 11.6. The maximum absolute atomic E-state index is 11.6. The quantitative estimate of drug-likeness (QED) is 0.888. The van der Waals surface area contributed by atoms with Crippen LogP contribution in [-0.2, 0) is 17.6 Å². The van der Waals surface area contributed by atoms with Crippen molar-refractivity contribution < 1.29 is 4.79 Å². The highest BCUT2D eigenvalue weighted by Crippen LogP contribution is 2.35. The molecule has 1 aromatic rings. The molecule has 1 unspecified atom stereocenters. The van der Waals surface area contributed by atoms with Gasteiger partial charge in [0.15, 0.2) is 0 Å². The summed E-state index contributed by atoms with van der Waals surface area (Å²) < 4.78 is 0. The van der Waals surface area contributed by atoms with Crippen LogP contribution in [0.15, 0.2) is 24.3 Å². The van der Waals surface area contributed by atoms with Gasteiger partial charge >= 0.3 is 0 Å². The summed E-state index contributed by atoms with van der Waals surface area (Å²) in [6.07, 6.45) is 2.49. The number of benzene rings is 1. The van der Waals surface area contributed by atoms with Crippen LogP contribution in [0.25, 0.3) is 0 Å². The SMILES string of the molecule is CC(N)CC(=O)NCC1(C)Cc2ccccc2C1.Cl. The van der Waals surface area contributed by atoms with Crippen molar-refractivity contribution >= 4 is 18.3 Å². The first-order valence-corrected chi connectivity index (χ1v) is 6.58. The van der Waals surface area contributed by atoms with Crippen LogP contribution in [0.5, 0.6) is 0 Å². The van der Waals surface area contributed by atoms with E-state index in [9.17, 15) is 4.79 Å². The average Bonchev–Trinajstić information content (AvgIpc) is 2.62. The van der Waals surface area contributed by atoms with Crippen molar-refractivity contribution in [3.63, 3.8) is 0 Å². The zero-order chi connectivity index (χ0) is 13.2. The predicted molar refractivity (Wildman–Crippen MR) is 80.5 cm³/mol. The van der Waals surface area contributed by atoms with Gasteiger partial charge in [0, 0.05) is 19.0 Å². The normalized spacial score (nSPS) is 17.2. The molecule has 3 nitrogen and oxygen atoms in total. The molecule has 1 atom stereocenters. The summed E-state index contributed by atoms with van der Waals surface area (Å²) in [7, 11) is 0. The van der Waals surface area contributed by atoms with Crippen LogP contribution >= 0.6 is 12.4 Å². The second kappa shape index (κ2) is 6.40. The Balaban J connectivity index is 0.00000180. The summed E-state index contributed by atoms with van der Waals surface area (Å²) in [6.45, 7) is 4.82. The molecule has 0 saturated carbocycles. The summed E-state index contributed by atoms with van der Waals surface area (Å²) in [5, 5.41) is 3.01. The maximum atomic E-state index is 11.6. The first-order valence-electron chi connectivity index (χ1n) is 6.58. The lowest BCUT2D eigenvalue weighted by atomic mass is 9.87. The fraction of sp³-hybridized carbons (Fsp3) is 0.533. The second-order valence-corrected chi connectivity index (χ2v) is 5.89. The Bertz CT molecular complexity index is 421. The molecule has 0 aromatic heterocycles. The number of carbonyl (C=O) groups is 1. The molecular weight excluding hydrogens is 260 g/mol. The molecular formula is C15H23ClN2O. The standard InChI is InChI=1S/C15H22N2O.ClH/c1-11(16)7-14(18)17-10-15(2)8-12-5-3-4-6-13(12)9-15;/h3-6,11H,7-10,16H2,1-2H3,(H,17,18);1H. The van der Waals surface area contributed by atoms with Crippen LogP contribution in [0, 0.1) is 5.41 Å². The van der Waals surface area contributed by atoms with E-state index in [-0.39, 0.29) is 29.8 Å². The molecule has 0 aliphatic heterocycles. The molecule has 0 fully saturated rings. The van der Waals surface area contributed by atoms with Crippen molar-refractivity contribution in [3.05, 3.63) is 35.4 Å². The molecule has 3 N–H and O–H groups in total. The lowest BCUT2D eigenvalue weighted by molar-refractivity contribution is -0.121. The van der Waals surface area contributed by atoms with Gasteiger partial charge in [0.25, 0.3) is 0 Å². The fourth-order valence-electron chi connectivity index (χ4n) is 2.69. The zero-order valence-corrected chi connectivity index (χ0v) is 12.4. The molecule has 1 amide bonds. The third-order valence-electron chi connectivity index (χ3n) is 3.57. The minimum absolute atomic E-state index is 0. The number of rotatable bonds is 4. The van der Waals surface area contributed by atoms with E-state index in [4.69, 9.17) is 5.73 Å². The van der Waals surface area contributed by atoms with E-state index < -0.39 is 0 Å². The summed E-state index contributed by atoms with van der Waals surface area (Å²) in [5.41, 5.74) is 8.60. The molecule has 0 spiro atoms. The Morgan fingerprint density at radius 1 is 1.37 bits per heavy atom. The van der Waals surface area contributed by atoms with Gasteiger partial charge in [-0.15, -0.1) is 12.4 Å². The molecule has 0 saturated heterocycles. The van der Waals surface area contributed by atoms with Gasteiger partial charge in [-0.25, -0.2) is 0 Å². The average molecular weight is 283 g/mol. The number of hydrogen-bond acceptors (Lipinski definition) is 2. The predicted octanol–water partition coefficient (Wildman–Crippen LogP) is 2.07. The molecule has 1 aromatic carbocycles. The van der Waals surface area contributed by atoms with Crippen molar-refractivity contribution in [3.8, 4) is 0 Å². The minimum Gasteiger partial charge on any atom is -0.355 e. The summed E-state index contributed by atoms with van der Waals surface area (Å²) >= 11 is 0. The van der Waals surface area contributed by atoms with E-state index in [1.54, 1.807) is 0 Å². The number of hydrogen-bond donors (Lipinski definition) is 2. The van der Waals surface area contributed by atoms with E-state index in [1.165, 1.54) is 11.1 Å². The van der Waals surface area contributed by atoms with E-state index in [1.807, 2.05) is 6.92 Å². The summed E-state index contributed by atoms with van der Waals surface area (Å²) in [4.78, 5) is 11.6. The third-order valence-corrected chi connectivity index (χ3v) is 3.57. The summed E-state index contributed by atoms with van der Waals surface area (Å²) in [5.74, 6) is 0.0576. The maximum Gasteiger partial charge on any atom is 0.221 e. The van der Waals surface area contributed by atoms with Gasteiger partial charge in [0.05, 0.1) is 0 Å². The minimum atomic E-state index is -0.0708. The molecule has 106 valence electrons. The van der Waals surface area contributed by atoms with E-state index in [0.717, 1.165) is 19.4 Å². The molecule has 0 radical (unpaired) electrons. The van der Waals surface area contributed by atoms with Crippen molar-refractivity contribution in [2.24, 2.45) is 11.1 Å². The molecule has 0 heterocycles. The third kappa shape index (κ3) is 4.22. The van der Waals surface area contributed by atoms with Gasteiger partial charge in [0.2, 0.25) is 5.91 Å². The first kappa shape index (κ1) is 16.0. The van der Waals surface area contributed by atoms with Gasteiger partial charge in [-0.3, -0.25) is 4.79 Å². The van der Waals surface area contributed by atoms with Crippen LogP contribution in [0.2, 0.25) is 0 Å². The fourth-order valence-corrected chi connectivity index (χ4v) is 2.69. The van der Waals surface area contributed by atoms with Gasteiger partial charge in [-0.2, -0.15) is 0 Å². The van der Waals surface area contributed by atoms with Crippen molar-refractivity contribution in [2.75, 3.05) is 6.54 Å². The lowest BCUT2D eigenvalue weighted by Crippen LogP contribution is -2.38. The molecule has 19 heavy (non-hydrogen) atoms. The molecule has 4 heteroatoms. The van der Waals surface area contributed by atoms with Gasteiger partial charge < -0.3 is 11.1 Å². The Kier molecular flexibility index (Phi) is 5.39. The number of nitrogens with two attached hydrogens (primary N) is 1. The van der Waals surface area contributed by atoms with Crippen LogP contribution in [0.4, 0.5) is 0 Å². The van der Waals surface area contributed by atoms with Crippen molar-refractivity contribution in [2.45, 2.75) is 39.2 Å². The van der Waals surface area contributed by atoms with Gasteiger partial charge in [0.1, 0.15) is 0 Å². The number of carbonyl (C=O) groups excluding carboxylic acids is 1. The molecule has 0 bridgehead atoms. The molecule has 1 aliphatic carbocycles.